The average molecular weight is 501 g/mol. The van der Waals surface area contributed by atoms with Crippen molar-refractivity contribution >= 4 is 5.97 Å². The predicted molar refractivity (Wildman–Crippen MR) is 144 cm³/mol. The Balaban J connectivity index is 1.65. The summed E-state index contributed by atoms with van der Waals surface area (Å²) >= 11 is 0. The van der Waals surface area contributed by atoms with E-state index in [1.165, 1.54) is 18.4 Å². The Morgan fingerprint density at radius 2 is 2.03 bits per heavy atom. The summed E-state index contributed by atoms with van der Waals surface area (Å²) in [5, 5.41) is 21.8. The number of hydrogen-bond acceptors (Lipinski definition) is 5. The molecule has 36 heavy (non-hydrogen) atoms. The number of aliphatic hydroxyl groups is 2. The fourth-order valence-corrected chi connectivity index (χ4v) is 6.44. The summed E-state index contributed by atoms with van der Waals surface area (Å²) in [5.74, 6) is -1.62. The van der Waals surface area contributed by atoms with E-state index in [1.54, 1.807) is 5.57 Å². The van der Waals surface area contributed by atoms with Gasteiger partial charge in [0, 0.05) is 12.8 Å². The molecule has 0 amide bonds. The first kappa shape index (κ1) is 28.9. The molecule has 2 saturated carbocycles. The minimum Gasteiger partial charge on any atom is -0.458 e. The molecule has 0 radical (unpaired) electrons. The lowest BCUT2D eigenvalue weighted by atomic mass is 9.64. The van der Waals surface area contributed by atoms with Crippen LogP contribution in [0.15, 0.2) is 47.1 Å². The van der Waals surface area contributed by atoms with Gasteiger partial charge in [0.25, 0.3) is 0 Å². The topological polar surface area (TPSA) is 76.0 Å². The molecule has 2 N–H and O–H groups in total. The van der Waals surface area contributed by atoms with Gasteiger partial charge in [-0.25, -0.2) is 4.79 Å². The summed E-state index contributed by atoms with van der Waals surface area (Å²) < 4.78 is 11.3. The van der Waals surface area contributed by atoms with Crippen LogP contribution in [0.5, 0.6) is 0 Å². The van der Waals surface area contributed by atoms with Crippen LogP contribution in [0.4, 0.5) is 0 Å². The maximum absolute atomic E-state index is 12.5. The highest BCUT2D eigenvalue weighted by atomic mass is 16.6. The molecule has 0 unspecified atom stereocenters. The van der Waals surface area contributed by atoms with E-state index in [0.717, 1.165) is 50.5 Å². The summed E-state index contributed by atoms with van der Waals surface area (Å²) in [5.41, 5.74) is 4.06. The van der Waals surface area contributed by atoms with E-state index in [1.807, 2.05) is 19.9 Å². The molecule has 0 heterocycles. The SMILES string of the molecule is C=C1C(=CC=C2CCC[C@]3(C)C(CC)=CC[C@@H]23)C[C@](O)(OCC(=O)OC(C)(C)CCCCC)C[C@@H]1O. The molecule has 202 valence electrons. The monoisotopic (exact) mass is 500 g/mol. The van der Waals surface area contributed by atoms with Gasteiger partial charge in [-0.15, -0.1) is 0 Å². The molecule has 2 fully saturated rings. The van der Waals surface area contributed by atoms with Crippen LogP contribution in [-0.4, -0.2) is 40.3 Å². The smallest absolute Gasteiger partial charge is 0.332 e. The van der Waals surface area contributed by atoms with Crippen LogP contribution in [0.25, 0.3) is 0 Å². The second-order valence-electron chi connectivity index (χ2n) is 11.9. The van der Waals surface area contributed by atoms with Crippen molar-refractivity contribution in [3.05, 3.63) is 47.1 Å². The largest absolute Gasteiger partial charge is 0.458 e. The molecule has 0 aromatic heterocycles. The van der Waals surface area contributed by atoms with Crippen LogP contribution >= 0.6 is 0 Å². The van der Waals surface area contributed by atoms with Crippen LogP contribution in [0.1, 0.15) is 105 Å². The van der Waals surface area contributed by atoms with Crippen molar-refractivity contribution in [3.8, 4) is 0 Å². The molecule has 0 spiro atoms. The maximum atomic E-state index is 12.5. The van der Waals surface area contributed by atoms with Crippen molar-refractivity contribution in [1.29, 1.82) is 0 Å². The highest BCUT2D eigenvalue weighted by molar-refractivity contribution is 5.71. The number of unbranched alkanes of at least 4 members (excludes halogenated alkanes) is 2. The summed E-state index contributed by atoms with van der Waals surface area (Å²) in [6.45, 7) is 14.3. The minimum absolute atomic E-state index is 0.0165. The normalized spacial score (nSPS) is 33.1. The number of carbonyl (C=O) groups is 1. The van der Waals surface area contributed by atoms with Gasteiger partial charge in [0.15, 0.2) is 5.79 Å². The quantitative estimate of drug-likeness (QED) is 0.151. The fraction of sp³-hybridized carbons (Fsp3) is 0.710. The van der Waals surface area contributed by atoms with Gasteiger partial charge in [0.1, 0.15) is 12.2 Å². The minimum atomic E-state index is -1.64. The van der Waals surface area contributed by atoms with Gasteiger partial charge in [-0.1, -0.05) is 69.6 Å². The van der Waals surface area contributed by atoms with Crippen molar-refractivity contribution in [2.75, 3.05) is 6.61 Å². The second-order valence-corrected chi connectivity index (χ2v) is 11.9. The van der Waals surface area contributed by atoms with Crippen LogP contribution in [-0.2, 0) is 14.3 Å². The Morgan fingerprint density at radius 1 is 1.28 bits per heavy atom. The summed E-state index contributed by atoms with van der Waals surface area (Å²) in [4.78, 5) is 12.5. The zero-order valence-corrected chi connectivity index (χ0v) is 23.2. The molecule has 5 heteroatoms. The van der Waals surface area contributed by atoms with Gasteiger partial charge in [-0.2, -0.15) is 0 Å². The zero-order valence-electron chi connectivity index (χ0n) is 23.2. The molecule has 5 nitrogen and oxygen atoms in total. The molecular formula is C31H48O5. The molecular weight excluding hydrogens is 452 g/mol. The van der Waals surface area contributed by atoms with Crippen LogP contribution in [0.2, 0.25) is 0 Å². The third-order valence-corrected chi connectivity index (χ3v) is 8.62. The van der Waals surface area contributed by atoms with Crippen molar-refractivity contribution in [2.45, 2.75) is 123 Å². The fourth-order valence-electron chi connectivity index (χ4n) is 6.44. The number of fused-ring (bicyclic) bond motifs is 1. The van der Waals surface area contributed by atoms with E-state index >= 15 is 0 Å². The number of allylic oxidation sites excluding steroid dienone is 5. The number of hydrogen-bond donors (Lipinski definition) is 2. The number of carbonyl (C=O) groups excluding carboxylic acids is 1. The highest BCUT2D eigenvalue weighted by Crippen LogP contribution is 2.55. The molecule has 0 aromatic carbocycles. The molecule has 0 saturated heterocycles. The molecule has 0 aromatic rings. The number of rotatable bonds is 10. The van der Waals surface area contributed by atoms with Gasteiger partial charge >= 0.3 is 5.97 Å². The van der Waals surface area contributed by atoms with E-state index in [4.69, 9.17) is 9.47 Å². The Labute approximate surface area is 218 Å². The number of aliphatic hydroxyl groups excluding tert-OH is 1. The zero-order chi connectivity index (χ0) is 26.6. The summed E-state index contributed by atoms with van der Waals surface area (Å²) in [6.07, 6.45) is 15.5. The number of ether oxygens (including phenoxy) is 2. The first-order valence-electron chi connectivity index (χ1n) is 14.0. The second kappa shape index (κ2) is 11.8. The molecule has 0 bridgehead atoms. The predicted octanol–water partition coefficient (Wildman–Crippen LogP) is 6.70. The first-order chi connectivity index (χ1) is 16.9. The third-order valence-electron chi connectivity index (χ3n) is 8.62. The lowest BCUT2D eigenvalue weighted by Crippen LogP contribution is -2.43. The van der Waals surface area contributed by atoms with Gasteiger partial charge in [-0.3, -0.25) is 0 Å². The summed E-state index contributed by atoms with van der Waals surface area (Å²) in [6, 6.07) is 0. The lowest BCUT2D eigenvalue weighted by Gasteiger charge is -2.41. The van der Waals surface area contributed by atoms with E-state index in [2.05, 4.69) is 39.5 Å². The maximum Gasteiger partial charge on any atom is 0.332 e. The molecule has 0 aliphatic heterocycles. The van der Waals surface area contributed by atoms with Crippen LogP contribution in [0.3, 0.4) is 0 Å². The third kappa shape index (κ3) is 6.79. The van der Waals surface area contributed by atoms with E-state index in [0.29, 0.717) is 11.5 Å². The van der Waals surface area contributed by atoms with Crippen molar-refractivity contribution in [3.63, 3.8) is 0 Å². The first-order valence-corrected chi connectivity index (χ1v) is 14.0. The Hall–Kier alpha value is -1.69. The van der Waals surface area contributed by atoms with E-state index in [9.17, 15) is 15.0 Å². The van der Waals surface area contributed by atoms with Crippen molar-refractivity contribution < 1.29 is 24.5 Å². The van der Waals surface area contributed by atoms with Crippen LogP contribution in [0, 0.1) is 11.3 Å². The standard InChI is InChI=1S/C31H48O5/c1-7-9-10-17-29(4,5)36-28(33)21-35-31(34)19-24(22(3)27(32)20-31)14-13-23-12-11-18-30(6)25(8-2)15-16-26(23)30/h13-15,26-27,32,34H,3,7-12,16-21H2,1-2,4-6H3/t26-,27-,30+,31-/m0/s1. The molecule has 4 atom stereocenters. The van der Waals surface area contributed by atoms with Gasteiger partial charge < -0.3 is 19.7 Å². The number of esters is 1. The summed E-state index contributed by atoms with van der Waals surface area (Å²) in [7, 11) is 0. The van der Waals surface area contributed by atoms with Crippen LogP contribution < -0.4 is 0 Å². The molecule has 3 aliphatic carbocycles. The van der Waals surface area contributed by atoms with Crippen molar-refractivity contribution in [1.82, 2.24) is 0 Å². The Bertz CT molecular complexity index is 910. The molecule has 3 aliphatic rings. The van der Waals surface area contributed by atoms with E-state index in [-0.39, 0.29) is 24.9 Å². The lowest BCUT2D eigenvalue weighted by molar-refractivity contribution is -0.228. The molecule has 3 rings (SSSR count). The van der Waals surface area contributed by atoms with E-state index < -0.39 is 23.5 Å². The van der Waals surface area contributed by atoms with Gasteiger partial charge in [0.05, 0.1) is 6.10 Å². The van der Waals surface area contributed by atoms with Gasteiger partial charge in [-0.05, 0) is 81.3 Å². The van der Waals surface area contributed by atoms with Gasteiger partial charge in [0.2, 0.25) is 0 Å². The Kier molecular flexibility index (Phi) is 9.46. The van der Waals surface area contributed by atoms with Crippen molar-refractivity contribution in [2.24, 2.45) is 11.3 Å². The highest BCUT2D eigenvalue weighted by Gasteiger charge is 2.44. The Morgan fingerprint density at radius 3 is 2.72 bits per heavy atom. The average Bonchev–Trinajstić information content (AvgIpc) is 3.15.